The van der Waals surface area contributed by atoms with Crippen molar-refractivity contribution in [2.24, 2.45) is 0 Å². The molecule has 31 heavy (non-hydrogen) atoms. The molecule has 1 spiro atoms. The van der Waals surface area contributed by atoms with Crippen LogP contribution in [0.1, 0.15) is 12.8 Å². The van der Waals surface area contributed by atoms with E-state index in [-0.39, 0.29) is 5.79 Å². The second-order valence-corrected chi connectivity index (χ2v) is 8.24. The first-order chi connectivity index (χ1) is 15.2. The first-order valence-corrected chi connectivity index (χ1v) is 11.0. The van der Waals surface area contributed by atoms with Gasteiger partial charge in [-0.1, -0.05) is 30.3 Å². The summed E-state index contributed by atoms with van der Waals surface area (Å²) in [6.07, 6.45) is 1.73. The van der Waals surface area contributed by atoms with E-state index in [0.29, 0.717) is 24.7 Å². The summed E-state index contributed by atoms with van der Waals surface area (Å²) in [6, 6.07) is 18.0. The Balaban J connectivity index is 1.47. The second kappa shape index (κ2) is 8.55. The van der Waals surface area contributed by atoms with Crippen LogP contribution < -0.4 is 4.74 Å². The van der Waals surface area contributed by atoms with Crippen molar-refractivity contribution in [3.63, 3.8) is 0 Å². The van der Waals surface area contributed by atoms with Crippen molar-refractivity contribution in [1.82, 2.24) is 19.2 Å². The quantitative estimate of drug-likeness (QED) is 0.564. The fraction of sp³-hybridized carbons (Fsp3) is 0.391. The van der Waals surface area contributed by atoms with E-state index in [0.717, 1.165) is 48.8 Å². The number of methoxy groups -OCH3 is 1. The van der Waals surface area contributed by atoms with Gasteiger partial charge in [-0.05, 0) is 36.5 Å². The predicted octanol–water partition coefficient (Wildman–Crippen LogP) is 3.88. The van der Waals surface area contributed by atoms with Crippen LogP contribution >= 0.6 is 12.2 Å². The molecular weight excluding hydrogens is 412 g/mol. The van der Waals surface area contributed by atoms with Crippen molar-refractivity contribution < 1.29 is 14.2 Å². The van der Waals surface area contributed by atoms with Gasteiger partial charge in [0.2, 0.25) is 4.77 Å². The van der Waals surface area contributed by atoms with Gasteiger partial charge in [0.25, 0.3) is 0 Å². The summed E-state index contributed by atoms with van der Waals surface area (Å²) < 4.78 is 21.7. The molecule has 0 radical (unpaired) electrons. The van der Waals surface area contributed by atoms with Crippen molar-refractivity contribution >= 4 is 12.2 Å². The van der Waals surface area contributed by atoms with E-state index in [2.05, 4.69) is 4.90 Å². The molecule has 2 fully saturated rings. The number of hydrogen-bond donors (Lipinski definition) is 0. The SMILES string of the molecule is COc1cccc(-c2nn(CN3CCC4(CC3)OCCO4)c(=S)n2-c2ccccc2)c1. The number of ether oxygens (including phenoxy) is 3. The van der Waals surface area contributed by atoms with Gasteiger partial charge in [-0.15, -0.1) is 5.10 Å². The molecule has 3 heterocycles. The zero-order valence-corrected chi connectivity index (χ0v) is 18.4. The summed E-state index contributed by atoms with van der Waals surface area (Å²) in [6.45, 7) is 3.78. The van der Waals surface area contributed by atoms with Crippen molar-refractivity contribution in [3.8, 4) is 22.8 Å². The Hall–Kier alpha value is -2.52. The molecule has 8 heteroatoms. The van der Waals surface area contributed by atoms with Gasteiger partial charge in [-0.2, -0.15) is 0 Å². The van der Waals surface area contributed by atoms with Gasteiger partial charge < -0.3 is 14.2 Å². The molecule has 162 valence electrons. The Morgan fingerprint density at radius 1 is 1.03 bits per heavy atom. The van der Waals surface area contributed by atoms with E-state index < -0.39 is 0 Å². The number of likely N-dealkylation sites (tertiary alicyclic amines) is 1. The summed E-state index contributed by atoms with van der Waals surface area (Å²) in [4.78, 5) is 2.35. The van der Waals surface area contributed by atoms with Crippen LogP contribution in [0.3, 0.4) is 0 Å². The number of para-hydroxylation sites is 1. The lowest BCUT2D eigenvalue weighted by Crippen LogP contribution is -2.45. The van der Waals surface area contributed by atoms with Gasteiger partial charge >= 0.3 is 0 Å². The van der Waals surface area contributed by atoms with Crippen molar-refractivity contribution in [1.29, 1.82) is 0 Å². The molecule has 2 aliphatic heterocycles. The third-order valence-corrected chi connectivity index (χ3v) is 6.34. The lowest BCUT2D eigenvalue weighted by molar-refractivity contribution is -0.187. The number of benzene rings is 2. The summed E-state index contributed by atoms with van der Waals surface area (Å²) in [5, 5.41) is 4.93. The Labute approximate surface area is 186 Å². The van der Waals surface area contributed by atoms with Crippen LogP contribution in [-0.2, 0) is 16.1 Å². The molecule has 2 aliphatic rings. The zero-order chi connectivity index (χ0) is 21.3. The minimum absolute atomic E-state index is 0.382. The molecule has 3 aromatic rings. The lowest BCUT2D eigenvalue weighted by Gasteiger charge is -2.37. The maximum Gasteiger partial charge on any atom is 0.204 e. The van der Waals surface area contributed by atoms with Crippen molar-refractivity contribution in [2.45, 2.75) is 25.3 Å². The van der Waals surface area contributed by atoms with E-state index in [4.69, 9.17) is 31.5 Å². The third kappa shape index (κ3) is 4.04. The maximum atomic E-state index is 5.88. The highest BCUT2D eigenvalue weighted by molar-refractivity contribution is 7.71. The fourth-order valence-electron chi connectivity index (χ4n) is 4.27. The molecule has 0 aliphatic carbocycles. The molecule has 2 aromatic carbocycles. The first kappa shape index (κ1) is 20.4. The highest BCUT2D eigenvalue weighted by atomic mass is 32.1. The molecule has 5 rings (SSSR count). The zero-order valence-electron chi connectivity index (χ0n) is 17.6. The number of aromatic nitrogens is 3. The van der Waals surface area contributed by atoms with Crippen LogP contribution in [0.15, 0.2) is 54.6 Å². The first-order valence-electron chi connectivity index (χ1n) is 10.6. The van der Waals surface area contributed by atoms with Gasteiger partial charge in [-0.25, -0.2) is 4.68 Å². The summed E-state index contributed by atoms with van der Waals surface area (Å²) in [5.41, 5.74) is 1.94. The van der Waals surface area contributed by atoms with Crippen LogP contribution in [0.2, 0.25) is 0 Å². The Morgan fingerprint density at radius 3 is 2.48 bits per heavy atom. The largest absolute Gasteiger partial charge is 0.497 e. The smallest absolute Gasteiger partial charge is 0.204 e. The minimum Gasteiger partial charge on any atom is -0.497 e. The molecule has 0 saturated carbocycles. The van der Waals surface area contributed by atoms with Crippen molar-refractivity contribution in [2.75, 3.05) is 33.4 Å². The van der Waals surface area contributed by atoms with Crippen molar-refractivity contribution in [3.05, 3.63) is 59.4 Å². The van der Waals surface area contributed by atoms with E-state index in [1.54, 1.807) is 7.11 Å². The highest BCUT2D eigenvalue weighted by Crippen LogP contribution is 2.32. The number of hydrogen-bond acceptors (Lipinski definition) is 6. The van der Waals surface area contributed by atoms with Crippen LogP contribution in [0.4, 0.5) is 0 Å². The highest BCUT2D eigenvalue weighted by Gasteiger charge is 2.39. The van der Waals surface area contributed by atoms with E-state index in [1.165, 1.54) is 0 Å². The molecule has 2 saturated heterocycles. The van der Waals surface area contributed by atoms with Crippen LogP contribution in [0.5, 0.6) is 5.75 Å². The normalized spacial score (nSPS) is 18.5. The van der Waals surface area contributed by atoms with Gasteiger partial charge in [0.15, 0.2) is 11.6 Å². The summed E-state index contributed by atoms with van der Waals surface area (Å²) >= 11 is 5.88. The molecule has 0 bridgehead atoms. The van der Waals surface area contributed by atoms with Gasteiger partial charge in [0, 0.05) is 37.2 Å². The summed E-state index contributed by atoms with van der Waals surface area (Å²) in [5.74, 6) is 1.20. The average Bonchev–Trinajstić information content (AvgIpc) is 3.41. The maximum absolute atomic E-state index is 5.88. The predicted molar refractivity (Wildman–Crippen MR) is 120 cm³/mol. The van der Waals surface area contributed by atoms with Crippen LogP contribution in [0.25, 0.3) is 17.1 Å². The van der Waals surface area contributed by atoms with Gasteiger partial charge in [-0.3, -0.25) is 9.47 Å². The number of nitrogens with zero attached hydrogens (tertiary/aromatic N) is 4. The molecule has 0 amide bonds. The Morgan fingerprint density at radius 2 is 1.77 bits per heavy atom. The van der Waals surface area contributed by atoms with Gasteiger partial charge in [0.1, 0.15) is 5.75 Å². The minimum atomic E-state index is -0.382. The molecule has 0 atom stereocenters. The standard InChI is InChI=1S/C23H26N4O3S/c1-28-20-9-5-6-18(16-20)21-24-26(22(31)27(21)19-7-3-2-4-8-19)17-25-12-10-23(11-13-25)29-14-15-30-23/h2-9,16H,10-15,17H2,1H3. The molecule has 7 nitrogen and oxygen atoms in total. The molecular formula is C23H26N4O3S. The topological polar surface area (TPSA) is 53.7 Å². The molecule has 0 N–H and O–H groups in total. The molecule has 0 unspecified atom stereocenters. The van der Waals surface area contributed by atoms with Gasteiger partial charge in [0.05, 0.1) is 27.0 Å². The monoisotopic (exact) mass is 438 g/mol. The van der Waals surface area contributed by atoms with E-state index in [1.807, 2.05) is 63.8 Å². The lowest BCUT2D eigenvalue weighted by atomic mass is 10.0. The summed E-state index contributed by atoms with van der Waals surface area (Å²) in [7, 11) is 1.67. The van der Waals surface area contributed by atoms with E-state index >= 15 is 0 Å². The third-order valence-electron chi connectivity index (χ3n) is 5.95. The van der Waals surface area contributed by atoms with Crippen LogP contribution in [-0.4, -0.2) is 58.4 Å². The van der Waals surface area contributed by atoms with Crippen LogP contribution in [0, 0.1) is 4.77 Å². The second-order valence-electron chi connectivity index (χ2n) is 7.88. The fourth-order valence-corrected chi connectivity index (χ4v) is 4.56. The number of rotatable bonds is 5. The Kier molecular flexibility index (Phi) is 5.62. The van der Waals surface area contributed by atoms with E-state index in [9.17, 15) is 0 Å². The Bertz CT molecular complexity index is 1100. The molecule has 1 aromatic heterocycles. The number of piperidine rings is 1. The average molecular weight is 439 g/mol.